The zero-order valence-electron chi connectivity index (χ0n) is 8.83. The minimum atomic E-state index is -1.18. The van der Waals surface area contributed by atoms with Gasteiger partial charge in [-0.25, -0.2) is 19.8 Å². The minimum Gasteiger partial charge on any atom is -0.478 e. The average molecular weight is 267 g/mol. The number of aliphatic imine (C=N–C) groups is 1. The van der Waals surface area contributed by atoms with Crippen LogP contribution in [0.5, 0.6) is 0 Å². The number of aromatic carboxylic acids is 1. The maximum Gasteiger partial charge on any atom is 0.339 e. The Kier molecular flexibility index (Phi) is 3.35. The molecule has 7 nitrogen and oxygen atoms in total. The van der Waals surface area contributed by atoms with Gasteiger partial charge in [-0.05, 0) is 12.1 Å². The lowest BCUT2D eigenvalue weighted by Gasteiger charge is -2.04. The number of hydroxylamine groups is 1. The smallest absolute Gasteiger partial charge is 0.339 e. The number of hydrogen-bond donors (Lipinski definition) is 3. The molecule has 92 valence electrons. The van der Waals surface area contributed by atoms with Crippen LogP contribution in [-0.2, 0) is 0 Å². The minimum absolute atomic E-state index is 0.0774. The van der Waals surface area contributed by atoms with E-state index < -0.39 is 5.97 Å². The third kappa shape index (κ3) is 2.22. The lowest BCUT2D eigenvalue weighted by molar-refractivity contribution is 0.0697. The molecule has 3 N–H and O–H groups in total. The monoisotopic (exact) mass is 266 g/mol. The van der Waals surface area contributed by atoms with Crippen molar-refractivity contribution >= 4 is 40.6 Å². The highest BCUT2D eigenvalue weighted by atomic mass is 35.5. The van der Waals surface area contributed by atoms with Crippen molar-refractivity contribution in [3.05, 3.63) is 29.0 Å². The maximum absolute atomic E-state index is 11.1. The second kappa shape index (κ2) is 4.94. The van der Waals surface area contributed by atoms with E-state index in [0.29, 0.717) is 10.9 Å². The third-order valence-electron chi connectivity index (χ3n) is 2.14. The van der Waals surface area contributed by atoms with Crippen LogP contribution in [0.4, 0.5) is 5.82 Å². The number of fused-ring (bicyclic) bond motifs is 1. The van der Waals surface area contributed by atoms with E-state index in [1.54, 1.807) is 11.5 Å². The van der Waals surface area contributed by atoms with Crippen molar-refractivity contribution in [1.82, 2.24) is 15.4 Å². The third-order valence-corrected chi connectivity index (χ3v) is 2.42. The summed E-state index contributed by atoms with van der Waals surface area (Å²) in [5.41, 5.74) is 1.91. The van der Waals surface area contributed by atoms with Crippen LogP contribution in [0, 0.1) is 0 Å². The van der Waals surface area contributed by atoms with Gasteiger partial charge in [0.25, 0.3) is 0 Å². The molecule has 0 aliphatic carbocycles. The first-order valence-corrected chi connectivity index (χ1v) is 5.12. The van der Waals surface area contributed by atoms with Crippen LogP contribution in [0.15, 0.2) is 23.3 Å². The second-order valence-electron chi connectivity index (χ2n) is 3.23. The molecule has 0 amide bonds. The molecule has 0 atom stereocenters. The molecule has 18 heavy (non-hydrogen) atoms. The van der Waals surface area contributed by atoms with Crippen LogP contribution in [0.3, 0.4) is 0 Å². The van der Waals surface area contributed by atoms with Gasteiger partial charge < -0.3 is 5.11 Å². The number of nitrogens with one attached hydrogen (secondary N) is 1. The Morgan fingerprint density at radius 1 is 1.56 bits per heavy atom. The van der Waals surface area contributed by atoms with Gasteiger partial charge in [0.1, 0.15) is 17.4 Å². The van der Waals surface area contributed by atoms with Crippen LogP contribution in [0.2, 0.25) is 5.15 Å². The number of nitrogens with zero attached hydrogens (tertiary/aromatic N) is 3. The van der Waals surface area contributed by atoms with E-state index in [9.17, 15) is 4.79 Å². The molecule has 2 aromatic rings. The average Bonchev–Trinajstić information content (AvgIpc) is 2.36. The van der Waals surface area contributed by atoms with Crippen LogP contribution in [0.1, 0.15) is 10.4 Å². The van der Waals surface area contributed by atoms with Crippen molar-refractivity contribution in [1.29, 1.82) is 0 Å². The zero-order chi connectivity index (χ0) is 13.1. The van der Waals surface area contributed by atoms with Gasteiger partial charge in [0.05, 0.1) is 0 Å². The topological polar surface area (TPSA) is 108 Å². The van der Waals surface area contributed by atoms with E-state index in [0.717, 1.165) is 6.34 Å². The number of carboxylic acid groups (broad SMARTS) is 1. The predicted octanol–water partition coefficient (Wildman–Crippen LogP) is 1.62. The molecule has 0 bridgehead atoms. The standard InChI is InChI=1S/C10H7ClN4O3/c11-8-7-5(1-2-12-8)3-6(10(16)17)9(15-7)13-4-14-18/h1-4,18H,(H,16,17)(H,13,14,15). The van der Waals surface area contributed by atoms with E-state index in [2.05, 4.69) is 15.0 Å². The fraction of sp³-hybridized carbons (Fsp3) is 0. The number of carboxylic acids is 1. The summed E-state index contributed by atoms with van der Waals surface area (Å²) in [6.45, 7) is 0. The molecule has 8 heteroatoms. The lowest BCUT2D eigenvalue weighted by atomic mass is 10.2. The van der Waals surface area contributed by atoms with E-state index in [4.69, 9.17) is 21.9 Å². The highest BCUT2D eigenvalue weighted by molar-refractivity contribution is 6.33. The number of carbonyl (C=O) groups is 1. The Morgan fingerprint density at radius 2 is 2.33 bits per heavy atom. The lowest BCUT2D eigenvalue weighted by Crippen LogP contribution is -2.04. The summed E-state index contributed by atoms with van der Waals surface area (Å²) in [5.74, 6) is -1.26. The largest absolute Gasteiger partial charge is 0.478 e. The fourth-order valence-electron chi connectivity index (χ4n) is 1.40. The van der Waals surface area contributed by atoms with Crippen molar-refractivity contribution in [3.8, 4) is 0 Å². The van der Waals surface area contributed by atoms with Crippen molar-refractivity contribution in [2.24, 2.45) is 4.99 Å². The number of rotatable bonds is 3. The Morgan fingerprint density at radius 3 is 3.00 bits per heavy atom. The van der Waals surface area contributed by atoms with Gasteiger partial charge in [-0.3, -0.25) is 10.7 Å². The molecule has 2 rings (SSSR count). The molecule has 2 heterocycles. The van der Waals surface area contributed by atoms with Crippen molar-refractivity contribution in [2.75, 3.05) is 0 Å². The summed E-state index contributed by atoms with van der Waals surface area (Å²) in [6, 6.07) is 2.99. The summed E-state index contributed by atoms with van der Waals surface area (Å²) in [5, 5.41) is 18.2. The number of hydrogen-bond acceptors (Lipinski definition) is 5. The summed E-state index contributed by atoms with van der Waals surface area (Å²) in [6.07, 6.45) is 2.36. The van der Waals surface area contributed by atoms with Gasteiger partial charge in [0, 0.05) is 11.6 Å². The summed E-state index contributed by atoms with van der Waals surface area (Å²) >= 11 is 5.86. The Hall–Kier alpha value is -2.25. The van der Waals surface area contributed by atoms with Gasteiger partial charge >= 0.3 is 5.97 Å². The first-order valence-electron chi connectivity index (χ1n) is 4.74. The van der Waals surface area contributed by atoms with Crippen LogP contribution < -0.4 is 5.48 Å². The molecule has 0 saturated carbocycles. The number of aromatic nitrogens is 2. The molecule has 0 aromatic carbocycles. The van der Waals surface area contributed by atoms with Crippen LogP contribution >= 0.6 is 11.6 Å². The van der Waals surface area contributed by atoms with Gasteiger partial charge in [-0.2, -0.15) is 0 Å². The number of halogens is 1. The van der Waals surface area contributed by atoms with Crippen LogP contribution in [0.25, 0.3) is 10.9 Å². The molecule has 0 radical (unpaired) electrons. The Labute approximate surface area is 106 Å². The van der Waals surface area contributed by atoms with Gasteiger partial charge in [0.2, 0.25) is 0 Å². The first-order chi connectivity index (χ1) is 8.63. The second-order valence-corrected chi connectivity index (χ2v) is 3.58. The molecular formula is C10H7ClN4O3. The van der Waals surface area contributed by atoms with Crippen LogP contribution in [-0.4, -0.2) is 32.6 Å². The molecule has 0 unspecified atom stereocenters. The highest BCUT2D eigenvalue weighted by Gasteiger charge is 2.14. The van der Waals surface area contributed by atoms with Crippen molar-refractivity contribution < 1.29 is 15.1 Å². The molecular weight excluding hydrogens is 260 g/mol. The summed E-state index contributed by atoms with van der Waals surface area (Å²) in [7, 11) is 0. The number of pyridine rings is 2. The quantitative estimate of drug-likeness (QED) is 0.337. The van der Waals surface area contributed by atoms with Gasteiger partial charge in [-0.1, -0.05) is 11.6 Å². The zero-order valence-corrected chi connectivity index (χ0v) is 9.59. The van der Waals surface area contributed by atoms with E-state index >= 15 is 0 Å². The maximum atomic E-state index is 11.1. The Balaban J connectivity index is 2.73. The van der Waals surface area contributed by atoms with E-state index in [1.807, 2.05) is 0 Å². The van der Waals surface area contributed by atoms with Gasteiger partial charge in [0.15, 0.2) is 11.0 Å². The van der Waals surface area contributed by atoms with E-state index in [-0.39, 0.29) is 16.5 Å². The molecule has 0 spiro atoms. The predicted molar refractivity (Wildman–Crippen MR) is 64.6 cm³/mol. The summed E-state index contributed by atoms with van der Waals surface area (Å²) in [4.78, 5) is 22.6. The van der Waals surface area contributed by atoms with Gasteiger partial charge in [-0.15, -0.1) is 0 Å². The molecule has 0 saturated heterocycles. The normalized spacial score (nSPS) is 11.0. The highest BCUT2D eigenvalue weighted by Crippen LogP contribution is 2.25. The fourth-order valence-corrected chi connectivity index (χ4v) is 1.61. The Bertz CT molecular complexity index is 644. The molecule has 0 fully saturated rings. The SMILES string of the molecule is O=C(O)c1cc2ccnc(Cl)c2nc1N=CNO. The molecule has 0 aliphatic heterocycles. The first kappa shape index (κ1) is 12.2. The van der Waals surface area contributed by atoms with E-state index in [1.165, 1.54) is 12.3 Å². The molecule has 0 aliphatic rings. The van der Waals surface area contributed by atoms with Crippen molar-refractivity contribution in [2.45, 2.75) is 0 Å². The van der Waals surface area contributed by atoms with Crippen molar-refractivity contribution in [3.63, 3.8) is 0 Å². The summed E-state index contributed by atoms with van der Waals surface area (Å²) < 4.78 is 0. The molecule has 2 aromatic heterocycles.